The Morgan fingerprint density at radius 3 is 2.64 bits per heavy atom. The van der Waals surface area contributed by atoms with Gasteiger partial charge in [-0.25, -0.2) is 15.0 Å². The summed E-state index contributed by atoms with van der Waals surface area (Å²) in [6.45, 7) is -0.874. The Kier molecular flexibility index (Phi) is 3.42. The van der Waals surface area contributed by atoms with Crippen molar-refractivity contribution in [2.75, 3.05) is 12.3 Å². The highest BCUT2D eigenvalue weighted by Crippen LogP contribution is 2.43. The maximum absolute atomic E-state index is 13.0. The number of ether oxygens (including phenoxy) is 1. The number of nitrogen functional groups attached to an aromatic ring is 1. The van der Waals surface area contributed by atoms with Crippen molar-refractivity contribution in [1.29, 1.82) is 0 Å². The van der Waals surface area contributed by atoms with Crippen molar-refractivity contribution in [2.45, 2.75) is 24.6 Å². The van der Waals surface area contributed by atoms with Gasteiger partial charge in [0.05, 0.1) is 19.0 Å². The fourth-order valence-corrected chi connectivity index (χ4v) is 2.59. The van der Waals surface area contributed by atoms with Crippen LogP contribution in [-0.4, -0.2) is 54.7 Å². The SMILES string of the molecule is Nc1ncnc2c1ncn2[C@@H]1O[C@H](CO)[C@@H](C(F)(F)F)[C@H]1O. The molecule has 8 nitrogen and oxygen atoms in total. The summed E-state index contributed by atoms with van der Waals surface area (Å²) in [6.07, 6.45) is -7.30. The lowest BCUT2D eigenvalue weighted by Gasteiger charge is -2.21. The molecule has 0 spiro atoms. The predicted molar refractivity (Wildman–Crippen MR) is 66.3 cm³/mol. The van der Waals surface area contributed by atoms with Crippen LogP contribution < -0.4 is 5.73 Å². The van der Waals surface area contributed by atoms with Gasteiger partial charge in [0.2, 0.25) is 0 Å². The number of aliphatic hydroxyl groups excluding tert-OH is 2. The highest BCUT2D eigenvalue weighted by Gasteiger charge is 2.57. The minimum Gasteiger partial charge on any atom is -0.394 e. The van der Waals surface area contributed by atoms with Crippen molar-refractivity contribution in [3.05, 3.63) is 12.7 Å². The van der Waals surface area contributed by atoms with Crippen LogP contribution in [-0.2, 0) is 4.74 Å². The van der Waals surface area contributed by atoms with Crippen LogP contribution in [0.2, 0.25) is 0 Å². The summed E-state index contributed by atoms with van der Waals surface area (Å²) in [7, 11) is 0. The number of rotatable bonds is 2. The first kappa shape index (κ1) is 14.9. The summed E-state index contributed by atoms with van der Waals surface area (Å²) >= 11 is 0. The van der Waals surface area contributed by atoms with E-state index in [9.17, 15) is 18.3 Å². The maximum Gasteiger partial charge on any atom is 0.397 e. The molecule has 11 heteroatoms. The van der Waals surface area contributed by atoms with Gasteiger partial charge in [0.25, 0.3) is 0 Å². The number of hydrogen-bond acceptors (Lipinski definition) is 7. The molecule has 4 atom stereocenters. The Balaban J connectivity index is 2.03. The highest BCUT2D eigenvalue weighted by molar-refractivity contribution is 5.81. The molecule has 0 aliphatic carbocycles. The molecule has 22 heavy (non-hydrogen) atoms. The number of nitrogens with two attached hydrogens (primary N) is 1. The number of aliphatic hydroxyl groups is 2. The summed E-state index contributed by atoms with van der Waals surface area (Å²) in [6, 6.07) is 0. The third kappa shape index (κ3) is 2.17. The van der Waals surface area contributed by atoms with Crippen molar-refractivity contribution < 1.29 is 28.1 Å². The van der Waals surface area contributed by atoms with Gasteiger partial charge in [-0.15, -0.1) is 0 Å². The molecule has 1 saturated heterocycles. The molecule has 0 aromatic carbocycles. The lowest BCUT2D eigenvalue weighted by Crippen LogP contribution is -2.39. The number of fused-ring (bicyclic) bond motifs is 1. The van der Waals surface area contributed by atoms with Gasteiger partial charge in [0.15, 0.2) is 17.7 Å². The van der Waals surface area contributed by atoms with Crippen LogP contribution in [0.15, 0.2) is 12.7 Å². The maximum atomic E-state index is 13.0. The van der Waals surface area contributed by atoms with Crippen LogP contribution in [0.1, 0.15) is 6.23 Å². The van der Waals surface area contributed by atoms with E-state index in [1.165, 1.54) is 0 Å². The normalized spacial score (nSPS) is 29.3. The van der Waals surface area contributed by atoms with Crippen LogP contribution in [0.4, 0.5) is 19.0 Å². The summed E-state index contributed by atoms with van der Waals surface area (Å²) in [4.78, 5) is 11.5. The molecule has 1 fully saturated rings. The third-order valence-corrected chi connectivity index (χ3v) is 3.59. The molecule has 2 aromatic heterocycles. The van der Waals surface area contributed by atoms with E-state index in [2.05, 4.69) is 15.0 Å². The summed E-state index contributed by atoms with van der Waals surface area (Å²) < 4.78 is 45.4. The Morgan fingerprint density at radius 2 is 2.05 bits per heavy atom. The third-order valence-electron chi connectivity index (χ3n) is 3.59. The van der Waals surface area contributed by atoms with E-state index in [-0.39, 0.29) is 17.0 Å². The average molecular weight is 319 g/mol. The number of imidazole rings is 1. The second-order valence-electron chi connectivity index (χ2n) is 4.89. The smallest absolute Gasteiger partial charge is 0.394 e. The molecular weight excluding hydrogens is 307 g/mol. The van der Waals surface area contributed by atoms with Crippen LogP contribution in [0.25, 0.3) is 11.2 Å². The number of hydrogen-bond donors (Lipinski definition) is 3. The largest absolute Gasteiger partial charge is 0.397 e. The van der Waals surface area contributed by atoms with Gasteiger partial charge in [0, 0.05) is 0 Å². The number of alkyl halides is 3. The summed E-state index contributed by atoms with van der Waals surface area (Å²) in [5.41, 5.74) is 5.93. The first-order chi connectivity index (χ1) is 10.3. The molecule has 0 radical (unpaired) electrons. The minimum atomic E-state index is -4.72. The number of aromatic nitrogens is 4. The lowest BCUT2D eigenvalue weighted by molar-refractivity contribution is -0.205. The number of anilines is 1. The lowest BCUT2D eigenvalue weighted by atomic mass is 9.98. The van der Waals surface area contributed by atoms with Crippen molar-refractivity contribution in [3.63, 3.8) is 0 Å². The van der Waals surface area contributed by atoms with Gasteiger partial charge in [-0.3, -0.25) is 4.57 Å². The van der Waals surface area contributed by atoms with Gasteiger partial charge in [-0.1, -0.05) is 0 Å². The zero-order chi connectivity index (χ0) is 16.1. The van der Waals surface area contributed by atoms with Crippen molar-refractivity contribution >= 4 is 17.0 Å². The van der Waals surface area contributed by atoms with Crippen molar-refractivity contribution in [2.24, 2.45) is 5.92 Å². The van der Waals surface area contributed by atoms with Crippen LogP contribution in [0.3, 0.4) is 0 Å². The molecule has 1 aliphatic rings. The molecule has 4 N–H and O–H groups in total. The van der Waals surface area contributed by atoms with Crippen molar-refractivity contribution in [1.82, 2.24) is 19.5 Å². The van der Waals surface area contributed by atoms with Crippen LogP contribution in [0, 0.1) is 5.92 Å². The van der Waals surface area contributed by atoms with Gasteiger partial charge in [0.1, 0.15) is 23.9 Å². The molecule has 3 rings (SSSR count). The van der Waals surface area contributed by atoms with Crippen LogP contribution in [0.5, 0.6) is 0 Å². The molecule has 0 unspecified atom stereocenters. The van der Waals surface area contributed by atoms with Gasteiger partial charge in [-0.2, -0.15) is 13.2 Å². The van der Waals surface area contributed by atoms with E-state index >= 15 is 0 Å². The minimum absolute atomic E-state index is 0.0577. The monoisotopic (exact) mass is 319 g/mol. The molecule has 120 valence electrons. The number of nitrogens with zero attached hydrogens (tertiary/aromatic N) is 4. The van der Waals surface area contributed by atoms with Gasteiger partial charge < -0.3 is 20.7 Å². The van der Waals surface area contributed by atoms with E-state index < -0.39 is 37.1 Å². The zero-order valence-corrected chi connectivity index (χ0v) is 11.0. The fraction of sp³-hybridized carbons (Fsp3) is 0.545. The Hall–Kier alpha value is -1.98. The highest BCUT2D eigenvalue weighted by atomic mass is 19.4. The topological polar surface area (TPSA) is 119 Å². The standard InChI is InChI=1S/C11H12F3N5O3/c12-11(13,14)5-4(1-20)22-10(7(5)21)19-3-18-6-8(15)16-2-17-9(6)19/h2-5,7,10,20-21H,1H2,(H2,15,16,17)/t4-,5-,7-,10-/m1/s1. The zero-order valence-electron chi connectivity index (χ0n) is 11.0. The van der Waals surface area contributed by atoms with E-state index in [1.807, 2.05) is 0 Å². The van der Waals surface area contributed by atoms with Gasteiger partial charge in [-0.05, 0) is 0 Å². The van der Waals surface area contributed by atoms with E-state index in [0.29, 0.717) is 0 Å². The second kappa shape index (κ2) is 5.04. The molecule has 2 aromatic rings. The molecule has 0 saturated carbocycles. The quantitative estimate of drug-likeness (QED) is 0.703. The predicted octanol–water partition coefficient (Wildman–Crippen LogP) is -0.162. The molecule has 0 bridgehead atoms. The molecular formula is C11H12F3N5O3. The first-order valence-electron chi connectivity index (χ1n) is 6.28. The van der Waals surface area contributed by atoms with Crippen LogP contribution >= 0.6 is 0 Å². The average Bonchev–Trinajstić information content (AvgIpc) is 2.99. The Labute approximate surface area is 121 Å². The fourth-order valence-electron chi connectivity index (χ4n) is 2.59. The van der Waals surface area contributed by atoms with E-state index in [0.717, 1.165) is 17.2 Å². The van der Waals surface area contributed by atoms with Gasteiger partial charge >= 0.3 is 6.18 Å². The van der Waals surface area contributed by atoms with Crippen molar-refractivity contribution in [3.8, 4) is 0 Å². The number of halogens is 3. The van der Waals surface area contributed by atoms with E-state index in [4.69, 9.17) is 15.6 Å². The first-order valence-corrected chi connectivity index (χ1v) is 6.28. The second-order valence-corrected chi connectivity index (χ2v) is 4.89. The Bertz CT molecular complexity index is 691. The molecule has 1 aliphatic heterocycles. The molecule has 0 amide bonds. The summed E-state index contributed by atoms with van der Waals surface area (Å²) in [5.74, 6) is -2.15. The summed E-state index contributed by atoms with van der Waals surface area (Å²) in [5, 5.41) is 19.1. The van der Waals surface area contributed by atoms with E-state index in [1.54, 1.807) is 0 Å². The Morgan fingerprint density at radius 1 is 1.32 bits per heavy atom. The molecule has 3 heterocycles.